The van der Waals surface area contributed by atoms with Gasteiger partial charge < -0.3 is 24.4 Å². The average molecular weight is 614 g/mol. The maximum atomic E-state index is 15.4. The number of hydrogen-bond acceptors (Lipinski definition) is 6. The molecular weight excluding hydrogens is 584 g/mol. The van der Waals surface area contributed by atoms with Crippen LogP contribution in [0.4, 0.5) is 14.5 Å². The Labute approximate surface area is 252 Å². The summed E-state index contributed by atoms with van der Waals surface area (Å²) in [6.07, 6.45) is 1.22. The number of aromatic nitrogens is 1. The van der Waals surface area contributed by atoms with E-state index in [-0.39, 0.29) is 48.7 Å². The van der Waals surface area contributed by atoms with E-state index in [1.165, 1.54) is 11.1 Å². The summed E-state index contributed by atoms with van der Waals surface area (Å²) in [6, 6.07) is 9.92. The monoisotopic (exact) mass is 613 g/mol. The first-order valence-electron chi connectivity index (χ1n) is 13.8. The molecule has 226 valence electrons. The summed E-state index contributed by atoms with van der Waals surface area (Å²) in [5, 5.41) is 9.37. The second kappa shape index (κ2) is 11.8. The Bertz CT molecular complexity index is 1570. The molecule has 0 spiro atoms. The van der Waals surface area contributed by atoms with Gasteiger partial charge in [-0.05, 0) is 63.4 Å². The van der Waals surface area contributed by atoms with Gasteiger partial charge in [-0.3, -0.25) is 14.4 Å². The van der Waals surface area contributed by atoms with Crippen molar-refractivity contribution in [1.29, 1.82) is 0 Å². The van der Waals surface area contributed by atoms with Crippen LogP contribution in [0.15, 0.2) is 48.7 Å². The van der Waals surface area contributed by atoms with E-state index in [2.05, 4.69) is 4.98 Å². The van der Waals surface area contributed by atoms with Gasteiger partial charge in [0.05, 0.1) is 11.4 Å². The van der Waals surface area contributed by atoms with Gasteiger partial charge in [0.15, 0.2) is 5.60 Å². The first-order chi connectivity index (χ1) is 20.4. The number of carbonyl (C=O) groups is 3. The number of aliphatic carboxylic acids is 1. The molecular formula is C31H30ClF2N3O6. The van der Waals surface area contributed by atoms with Crippen LogP contribution in [0.2, 0.25) is 5.02 Å². The number of halogens is 3. The van der Waals surface area contributed by atoms with Crippen molar-refractivity contribution < 1.29 is 37.7 Å². The summed E-state index contributed by atoms with van der Waals surface area (Å²) < 4.78 is 42.3. The molecule has 0 aliphatic carbocycles. The zero-order valence-corrected chi connectivity index (χ0v) is 24.5. The number of hydrogen-bond donors (Lipinski definition) is 1. The second-order valence-corrected chi connectivity index (χ2v) is 11.6. The quantitative estimate of drug-likeness (QED) is 0.362. The van der Waals surface area contributed by atoms with E-state index in [4.69, 9.17) is 26.2 Å². The van der Waals surface area contributed by atoms with E-state index in [0.29, 0.717) is 29.1 Å². The molecule has 1 aromatic heterocycles. The molecule has 0 unspecified atom stereocenters. The smallest absolute Gasteiger partial charge is 0.307 e. The molecule has 3 aromatic rings. The van der Waals surface area contributed by atoms with Gasteiger partial charge in [-0.2, -0.15) is 0 Å². The Morgan fingerprint density at radius 1 is 1.16 bits per heavy atom. The first-order valence-corrected chi connectivity index (χ1v) is 14.2. The van der Waals surface area contributed by atoms with E-state index >= 15 is 8.78 Å². The van der Waals surface area contributed by atoms with Crippen molar-refractivity contribution in [2.45, 2.75) is 57.8 Å². The van der Waals surface area contributed by atoms with Gasteiger partial charge in [0, 0.05) is 30.9 Å². The minimum Gasteiger partial charge on any atom is -0.489 e. The van der Waals surface area contributed by atoms with E-state index < -0.39 is 40.8 Å². The van der Waals surface area contributed by atoms with Crippen molar-refractivity contribution in [3.05, 3.63) is 70.9 Å². The fourth-order valence-corrected chi connectivity index (χ4v) is 5.60. The molecule has 1 fully saturated rings. The lowest BCUT2D eigenvalue weighted by molar-refractivity contribution is -0.138. The maximum Gasteiger partial charge on any atom is 0.307 e. The summed E-state index contributed by atoms with van der Waals surface area (Å²) >= 11 is 6.15. The maximum absolute atomic E-state index is 15.4. The summed E-state index contributed by atoms with van der Waals surface area (Å²) in [7, 11) is 0. The minimum absolute atomic E-state index is 0.141. The largest absolute Gasteiger partial charge is 0.489 e. The van der Waals surface area contributed by atoms with Crippen LogP contribution >= 0.6 is 11.6 Å². The summed E-state index contributed by atoms with van der Waals surface area (Å²) in [5.74, 6) is -3.64. The van der Waals surface area contributed by atoms with Gasteiger partial charge in [-0.15, -0.1) is 0 Å². The summed E-state index contributed by atoms with van der Waals surface area (Å²) in [4.78, 5) is 44.9. The number of carbonyl (C=O) groups excluding carboxylic acids is 2. The molecule has 3 heterocycles. The number of piperidine rings is 1. The molecule has 1 N–H and O–H groups in total. The number of ether oxygens (including phenoxy) is 2. The van der Waals surface area contributed by atoms with E-state index in [0.717, 1.165) is 12.1 Å². The molecule has 0 radical (unpaired) electrons. The fourth-order valence-electron chi connectivity index (χ4n) is 5.45. The van der Waals surface area contributed by atoms with Crippen LogP contribution in [0.3, 0.4) is 0 Å². The highest BCUT2D eigenvalue weighted by Crippen LogP contribution is 2.40. The van der Waals surface area contributed by atoms with Crippen LogP contribution in [0, 0.1) is 11.6 Å². The molecule has 1 atom stereocenters. The lowest BCUT2D eigenvalue weighted by Gasteiger charge is -2.44. The van der Waals surface area contributed by atoms with Crippen LogP contribution in [0.5, 0.6) is 11.6 Å². The number of benzene rings is 2. The van der Waals surface area contributed by atoms with Crippen LogP contribution in [0.25, 0.3) is 11.1 Å². The number of para-hydroxylation sites is 1. The third-order valence-corrected chi connectivity index (χ3v) is 7.71. The number of anilines is 1. The predicted octanol–water partition coefficient (Wildman–Crippen LogP) is 5.73. The van der Waals surface area contributed by atoms with Crippen LogP contribution in [-0.2, 0) is 9.59 Å². The standard InChI is InChI=1S/C31H30ClF2N3O6/c1-17(12-26(38)39)42-25-7-5-4-6-21(25)18-13-22(33)27(23(34)14-18)29(40)36-10-8-20(9-11-36)37-24-15-19(32)16-35-28(24)43-31(2,3)30(37)41/h4-7,13-17,20H,8-12H2,1-3H3,(H,38,39)/t17-/m1/s1. The van der Waals surface area contributed by atoms with Crippen molar-refractivity contribution in [3.8, 4) is 22.8 Å². The van der Waals surface area contributed by atoms with Crippen molar-refractivity contribution in [3.63, 3.8) is 0 Å². The van der Waals surface area contributed by atoms with Crippen molar-refractivity contribution in [2.24, 2.45) is 0 Å². The zero-order chi connectivity index (χ0) is 31.1. The Balaban J connectivity index is 1.34. The number of amides is 2. The topological polar surface area (TPSA) is 109 Å². The molecule has 0 saturated carbocycles. The highest BCUT2D eigenvalue weighted by molar-refractivity contribution is 6.31. The third kappa shape index (κ3) is 6.13. The summed E-state index contributed by atoms with van der Waals surface area (Å²) in [6.45, 7) is 5.21. The summed E-state index contributed by atoms with van der Waals surface area (Å²) in [5.41, 5.74) is -0.902. The third-order valence-electron chi connectivity index (χ3n) is 7.51. The molecule has 0 bridgehead atoms. The Hall–Kier alpha value is -4.25. The van der Waals surface area contributed by atoms with Crippen molar-refractivity contribution in [1.82, 2.24) is 9.88 Å². The highest BCUT2D eigenvalue weighted by Gasteiger charge is 2.45. The number of likely N-dealkylation sites (tertiary alicyclic amines) is 1. The second-order valence-electron chi connectivity index (χ2n) is 11.1. The molecule has 2 aliphatic rings. The van der Waals surface area contributed by atoms with E-state index in [1.807, 2.05) is 0 Å². The van der Waals surface area contributed by atoms with Gasteiger partial charge in [-0.1, -0.05) is 29.8 Å². The number of fused-ring (bicyclic) bond motifs is 1. The van der Waals surface area contributed by atoms with Gasteiger partial charge in [-0.25, -0.2) is 13.8 Å². The lowest BCUT2D eigenvalue weighted by Crippen LogP contribution is -2.58. The molecule has 43 heavy (non-hydrogen) atoms. The van der Waals surface area contributed by atoms with Gasteiger partial charge >= 0.3 is 5.97 Å². The SMILES string of the molecule is C[C@H](CC(=O)O)Oc1ccccc1-c1cc(F)c(C(=O)N2CCC(N3C(=O)C(C)(C)Oc4ncc(Cl)cc43)CC2)c(F)c1. The van der Waals surface area contributed by atoms with Crippen LogP contribution < -0.4 is 14.4 Å². The number of carboxylic acid groups (broad SMARTS) is 1. The Kier molecular flexibility index (Phi) is 8.29. The average Bonchev–Trinajstić information content (AvgIpc) is 2.93. The molecule has 2 aromatic carbocycles. The zero-order valence-electron chi connectivity index (χ0n) is 23.8. The van der Waals surface area contributed by atoms with Crippen molar-refractivity contribution in [2.75, 3.05) is 18.0 Å². The molecule has 2 aliphatic heterocycles. The number of carboxylic acids is 1. The molecule has 2 amide bonds. The molecule has 12 heteroatoms. The van der Waals surface area contributed by atoms with Gasteiger partial charge in [0.25, 0.3) is 11.8 Å². The van der Waals surface area contributed by atoms with Gasteiger partial charge in [0.1, 0.15) is 34.7 Å². The highest BCUT2D eigenvalue weighted by atomic mass is 35.5. The van der Waals surface area contributed by atoms with E-state index in [9.17, 15) is 14.4 Å². The van der Waals surface area contributed by atoms with Crippen LogP contribution in [-0.4, -0.2) is 63.6 Å². The molecule has 1 saturated heterocycles. The Morgan fingerprint density at radius 3 is 2.47 bits per heavy atom. The Morgan fingerprint density at radius 2 is 1.81 bits per heavy atom. The molecule has 9 nitrogen and oxygen atoms in total. The molecule has 5 rings (SSSR count). The predicted molar refractivity (Wildman–Crippen MR) is 155 cm³/mol. The number of nitrogens with zero attached hydrogens (tertiary/aromatic N) is 3. The van der Waals surface area contributed by atoms with Gasteiger partial charge in [0.2, 0.25) is 5.88 Å². The first kappa shape index (κ1) is 30.2. The van der Waals surface area contributed by atoms with E-state index in [1.54, 1.807) is 56.0 Å². The fraction of sp³-hybridized carbons (Fsp3) is 0.355. The van der Waals surface area contributed by atoms with Crippen molar-refractivity contribution >= 4 is 35.1 Å². The minimum atomic E-state index is -1.16. The number of pyridine rings is 1. The van der Waals surface area contributed by atoms with Crippen LogP contribution in [0.1, 0.15) is 50.4 Å². The number of rotatable bonds is 7. The lowest BCUT2D eigenvalue weighted by atomic mass is 9.96. The normalized spacial score (nSPS) is 17.2.